The highest BCUT2D eigenvalue weighted by Crippen LogP contribution is 2.20. The molecule has 1 aliphatic rings. The monoisotopic (exact) mass is 563 g/mol. The van der Waals surface area contributed by atoms with E-state index < -0.39 is 59.6 Å². The van der Waals surface area contributed by atoms with Crippen molar-refractivity contribution in [1.29, 1.82) is 0 Å². The lowest BCUT2D eigenvalue weighted by Crippen LogP contribution is -2.63. The Hall–Kier alpha value is -3.67. The third-order valence-electron chi connectivity index (χ3n) is 5.83. The fourth-order valence-corrected chi connectivity index (χ4v) is 4.09. The number of carbonyl (C=O) groups is 5. The maximum absolute atomic E-state index is 13.9. The summed E-state index contributed by atoms with van der Waals surface area (Å²) < 4.78 is 15.4. The molecule has 2 N–H and O–H groups in total. The van der Waals surface area contributed by atoms with Crippen LogP contribution in [0.5, 0.6) is 0 Å². The van der Waals surface area contributed by atoms with E-state index in [9.17, 15) is 29.1 Å². The number of nitrogens with zero attached hydrogens (tertiary/aromatic N) is 2. The zero-order valence-corrected chi connectivity index (χ0v) is 24.3. The Labute approximate surface area is 234 Å². The molecule has 1 aliphatic heterocycles. The van der Waals surface area contributed by atoms with Crippen LogP contribution in [0.25, 0.3) is 0 Å². The number of piperazine rings is 1. The highest BCUT2D eigenvalue weighted by molar-refractivity contribution is 5.95. The van der Waals surface area contributed by atoms with E-state index in [1.807, 2.05) is 0 Å². The van der Waals surface area contributed by atoms with Gasteiger partial charge in [-0.25, -0.2) is 4.79 Å². The number of benzene rings is 1. The molecular weight excluding hydrogens is 522 g/mol. The van der Waals surface area contributed by atoms with E-state index in [-0.39, 0.29) is 32.7 Å². The van der Waals surface area contributed by atoms with Crippen LogP contribution in [-0.2, 0) is 46.4 Å². The van der Waals surface area contributed by atoms with Crippen molar-refractivity contribution in [3.05, 3.63) is 35.4 Å². The van der Waals surface area contributed by atoms with Crippen molar-refractivity contribution in [2.24, 2.45) is 0 Å². The number of ether oxygens (including phenoxy) is 3. The molecule has 1 heterocycles. The molecule has 222 valence electrons. The molecular formula is C28H41N3O9. The molecule has 1 unspecified atom stereocenters. The fourth-order valence-electron chi connectivity index (χ4n) is 4.09. The predicted molar refractivity (Wildman–Crippen MR) is 144 cm³/mol. The first-order valence-corrected chi connectivity index (χ1v) is 13.1. The molecule has 1 aromatic carbocycles. The van der Waals surface area contributed by atoms with E-state index in [4.69, 9.17) is 14.2 Å². The number of hydrogen-bond donors (Lipinski definition) is 2. The fraction of sp³-hybridized carbons (Fsp3) is 0.607. The molecule has 12 nitrogen and oxygen atoms in total. The van der Waals surface area contributed by atoms with Crippen LogP contribution in [0.15, 0.2) is 24.3 Å². The van der Waals surface area contributed by atoms with Gasteiger partial charge in [-0.3, -0.25) is 19.2 Å². The lowest BCUT2D eigenvalue weighted by molar-refractivity contribution is -0.164. The number of carbonyl (C=O) groups excluding carboxylic acids is 5. The number of amides is 3. The molecule has 1 saturated heterocycles. The quantitative estimate of drug-likeness (QED) is 0.337. The molecule has 40 heavy (non-hydrogen) atoms. The minimum absolute atomic E-state index is 0.00494. The van der Waals surface area contributed by atoms with Crippen LogP contribution < -0.4 is 5.32 Å². The van der Waals surface area contributed by atoms with E-state index in [2.05, 4.69) is 5.32 Å². The van der Waals surface area contributed by atoms with Crippen LogP contribution in [0, 0.1) is 0 Å². The summed E-state index contributed by atoms with van der Waals surface area (Å²) in [6.45, 7) is 9.71. The Bertz CT molecular complexity index is 1070. The van der Waals surface area contributed by atoms with Gasteiger partial charge >= 0.3 is 18.0 Å². The third-order valence-corrected chi connectivity index (χ3v) is 5.83. The highest BCUT2D eigenvalue weighted by atomic mass is 16.6. The summed E-state index contributed by atoms with van der Waals surface area (Å²) in [5, 5.41) is 11.9. The number of rotatable bonds is 9. The van der Waals surface area contributed by atoms with Crippen molar-refractivity contribution in [2.75, 3.05) is 26.7 Å². The maximum Gasteiger partial charge on any atom is 0.408 e. The van der Waals surface area contributed by atoms with Gasteiger partial charge in [-0.2, -0.15) is 0 Å². The van der Waals surface area contributed by atoms with E-state index >= 15 is 0 Å². The molecule has 2 atom stereocenters. The molecule has 0 spiro atoms. The van der Waals surface area contributed by atoms with Gasteiger partial charge in [0.1, 0.15) is 29.8 Å². The SMILES string of the molecule is COC(=O)CC1C(=O)N(CC(=O)OC(C)(C)C)CCN1C(=O)[C@H](Cc1ccc(CO)cc1)NC(=O)OC(C)(C)C. The zero-order chi connectivity index (χ0) is 30.3. The second-order valence-corrected chi connectivity index (χ2v) is 11.6. The van der Waals surface area contributed by atoms with Crippen molar-refractivity contribution in [3.63, 3.8) is 0 Å². The number of methoxy groups -OCH3 is 1. The number of nitrogens with one attached hydrogen (secondary N) is 1. The van der Waals surface area contributed by atoms with Crippen molar-refractivity contribution >= 4 is 29.8 Å². The lowest BCUT2D eigenvalue weighted by Gasteiger charge is -2.41. The van der Waals surface area contributed by atoms with Gasteiger partial charge in [0, 0.05) is 19.5 Å². The first-order chi connectivity index (χ1) is 18.5. The molecule has 0 aliphatic carbocycles. The van der Waals surface area contributed by atoms with Crippen LogP contribution in [0.2, 0.25) is 0 Å². The zero-order valence-electron chi connectivity index (χ0n) is 24.3. The Morgan fingerprint density at radius 1 is 0.950 bits per heavy atom. The first-order valence-electron chi connectivity index (χ1n) is 13.1. The van der Waals surface area contributed by atoms with Gasteiger partial charge in [0.25, 0.3) is 0 Å². The molecule has 1 aromatic rings. The largest absolute Gasteiger partial charge is 0.469 e. The minimum Gasteiger partial charge on any atom is -0.469 e. The van der Waals surface area contributed by atoms with Gasteiger partial charge < -0.3 is 34.4 Å². The molecule has 0 aromatic heterocycles. The minimum atomic E-state index is -1.25. The van der Waals surface area contributed by atoms with Gasteiger partial charge in [-0.1, -0.05) is 24.3 Å². The van der Waals surface area contributed by atoms with Crippen molar-refractivity contribution in [2.45, 2.75) is 84.3 Å². The highest BCUT2D eigenvalue weighted by Gasteiger charge is 2.42. The topological polar surface area (TPSA) is 152 Å². The van der Waals surface area contributed by atoms with Gasteiger partial charge in [0.15, 0.2) is 0 Å². The second kappa shape index (κ2) is 13.6. The second-order valence-electron chi connectivity index (χ2n) is 11.6. The molecule has 12 heteroatoms. The van der Waals surface area contributed by atoms with Crippen LogP contribution in [0.1, 0.15) is 59.1 Å². The molecule has 2 rings (SSSR count). The number of aliphatic hydroxyl groups is 1. The smallest absolute Gasteiger partial charge is 0.408 e. The van der Waals surface area contributed by atoms with E-state index in [0.29, 0.717) is 11.1 Å². The molecule has 1 fully saturated rings. The summed E-state index contributed by atoms with van der Waals surface area (Å²) >= 11 is 0. The molecule has 0 saturated carbocycles. The predicted octanol–water partition coefficient (Wildman–Crippen LogP) is 1.56. The maximum atomic E-state index is 13.9. The summed E-state index contributed by atoms with van der Waals surface area (Å²) in [5.74, 6) is -2.55. The Kier molecular flexibility index (Phi) is 11.1. The van der Waals surface area contributed by atoms with Gasteiger partial charge in [-0.15, -0.1) is 0 Å². The average molecular weight is 564 g/mol. The normalized spacial score (nSPS) is 16.7. The van der Waals surface area contributed by atoms with Gasteiger partial charge in [0.2, 0.25) is 11.8 Å². The van der Waals surface area contributed by atoms with Gasteiger partial charge in [0.05, 0.1) is 20.1 Å². The molecule has 0 bridgehead atoms. The summed E-state index contributed by atoms with van der Waals surface area (Å²) in [6.07, 6.45) is -1.20. The molecule has 3 amide bonds. The summed E-state index contributed by atoms with van der Waals surface area (Å²) in [6, 6.07) is 4.44. The summed E-state index contributed by atoms with van der Waals surface area (Å²) in [7, 11) is 1.17. The summed E-state index contributed by atoms with van der Waals surface area (Å²) in [4.78, 5) is 67.1. The number of esters is 2. The van der Waals surface area contributed by atoms with Crippen LogP contribution >= 0.6 is 0 Å². The van der Waals surface area contributed by atoms with E-state index in [0.717, 1.165) is 0 Å². The van der Waals surface area contributed by atoms with Crippen molar-refractivity contribution in [3.8, 4) is 0 Å². The average Bonchev–Trinajstić information content (AvgIpc) is 2.83. The van der Waals surface area contributed by atoms with Crippen molar-refractivity contribution < 1.29 is 43.3 Å². The lowest BCUT2D eigenvalue weighted by atomic mass is 10.0. The number of alkyl carbamates (subject to hydrolysis) is 1. The van der Waals surface area contributed by atoms with Crippen molar-refractivity contribution in [1.82, 2.24) is 15.1 Å². The van der Waals surface area contributed by atoms with E-state index in [1.165, 1.54) is 16.9 Å². The standard InChI is InChI=1S/C28H41N3O9/c1-27(2,3)39-23(34)16-30-12-13-31(21(25(30)36)15-22(33)38-7)24(35)20(29-26(37)40-28(4,5)6)14-18-8-10-19(17-32)11-9-18/h8-11,20-21,32H,12-17H2,1-7H3,(H,29,37)/t20-,21?/m0/s1. The Balaban J connectivity index is 2.34. The molecule has 0 radical (unpaired) electrons. The van der Waals surface area contributed by atoms with Gasteiger partial charge in [-0.05, 0) is 52.7 Å². The van der Waals surface area contributed by atoms with Crippen LogP contribution in [0.4, 0.5) is 4.79 Å². The third kappa shape index (κ3) is 10.1. The van der Waals surface area contributed by atoms with Crippen LogP contribution in [0.3, 0.4) is 0 Å². The Morgan fingerprint density at radius 2 is 1.52 bits per heavy atom. The first kappa shape index (κ1) is 32.5. The van der Waals surface area contributed by atoms with E-state index in [1.54, 1.807) is 65.8 Å². The number of hydrogen-bond acceptors (Lipinski definition) is 9. The summed E-state index contributed by atoms with van der Waals surface area (Å²) in [5.41, 5.74) is -0.210. The Morgan fingerprint density at radius 3 is 2.05 bits per heavy atom. The number of aliphatic hydroxyl groups excluding tert-OH is 1. The van der Waals surface area contributed by atoms with Crippen LogP contribution in [-0.4, -0.2) is 94.8 Å².